The Morgan fingerprint density at radius 3 is 2.50 bits per heavy atom. The van der Waals surface area contributed by atoms with Gasteiger partial charge in [-0.05, 0) is 48.2 Å². The number of primary amides is 1. The van der Waals surface area contributed by atoms with E-state index in [4.69, 9.17) is 19.9 Å². The number of benzene rings is 2. The van der Waals surface area contributed by atoms with E-state index in [9.17, 15) is 9.59 Å². The van der Waals surface area contributed by atoms with Gasteiger partial charge in [0.15, 0.2) is 5.78 Å². The zero-order chi connectivity index (χ0) is 25.3. The molecule has 7 nitrogen and oxygen atoms in total. The number of amides is 1. The Kier molecular flexibility index (Phi) is 8.89. The number of hydrogen-bond acceptors (Lipinski definition) is 7. The number of thiophene rings is 1. The second-order valence-corrected chi connectivity index (χ2v) is 9.31. The van der Waals surface area contributed by atoms with E-state index in [2.05, 4.69) is 4.90 Å². The van der Waals surface area contributed by atoms with Gasteiger partial charge < -0.3 is 19.9 Å². The van der Waals surface area contributed by atoms with Gasteiger partial charge in [0.25, 0.3) is 0 Å². The lowest BCUT2D eigenvalue weighted by Gasteiger charge is -2.26. The predicted octanol–water partition coefficient (Wildman–Crippen LogP) is 4.52. The van der Waals surface area contributed by atoms with E-state index in [-0.39, 0.29) is 5.78 Å². The molecular formula is C28H30N2O5S. The lowest BCUT2D eigenvalue weighted by molar-refractivity contribution is 0.0358. The summed E-state index contributed by atoms with van der Waals surface area (Å²) in [5.41, 5.74) is 7.84. The van der Waals surface area contributed by atoms with Crippen molar-refractivity contribution in [2.75, 3.05) is 46.6 Å². The Bertz CT molecular complexity index is 1200. The molecule has 36 heavy (non-hydrogen) atoms. The third-order valence-corrected chi connectivity index (χ3v) is 6.87. The number of morpholine rings is 1. The van der Waals surface area contributed by atoms with E-state index < -0.39 is 5.91 Å². The Balaban J connectivity index is 1.54. The summed E-state index contributed by atoms with van der Waals surface area (Å²) in [5.74, 6) is 0.658. The van der Waals surface area contributed by atoms with Gasteiger partial charge in [0.05, 0.1) is 26.9 Å². The van der Waals surface area contributed by atoms with Crippen LogP contribution in [0.4, 0.5) is 0 Å². The lowest BCUT2D eigenvalue weighted by Crippen LogP contribution is -2.37. The minimum absolute atomic E-state index is 0.183. The largest absolute Gasteiger partial charge is 0.496 e. The van der Waals surface area contributed by atoms with Crippen LogP contribution in [-0.2, 0) is 4.74 Å². The molecule has 1 aliphatic heterocycles. The average Bonchev–Trinajstić information content (AvgIpc) is 3.45. The molecule has 3 aromatic rings. The van der Waals surface area contributed by atoms with Crippen LogP contribution in [0.5, 0.6) is 11.5 Å². The third kappa shape index (κ3) is 6.60. The van der Waals surface area contributed by atoms with Crippen LogP contribution in [0.15, 0.2) is 60.0 Å². The molecule has 2 aromatic carbocycles. The highest BCUT2D eigenvalue weighted by Crippen LogP contribution is 2.39. The third-order valence-electron chi connectivity index (χ3n) is 5.97. The molecule has 1 aromatic heterocycles. The number of allylic oxidation sites excluding steroid dienone is 1. The molecule has 2 N–H and O–H groups in total. The van der Waals surface area contributed by atoms with Crippen molar-refractivity contribution in [1.29, 1.82) is 0 Å². The molecule has 0 aliphatic carbocycles. The first-order chi connectivity index (χ1) is 17.5. The summed E-state index contributed by atoms with van der Waals surface area (Å²) in [6, 6.07) is 14.2. The van der Waals surface area contributed by atoms with Crippen molar-refractivity contribution >= 4 is 29.1 Å². The summed E-state index contributed by atoms with van der Waals surface area (Å²) < 4.78 is 17.3. The summed E-state index contributed by atoms with van der Waals surface area (Å²) >= 11 is 1.62. The van der Waals surface area contributed by atoms with Crippen molar-refractivity contribution < 1.29 is 23.8 Å². The number of carbonyl (C=O) groups is 2. The van der Waals surface area contributed by atoms with Gasteiger partial charge in [0.2, 0.25) is 5.91 Å². The first-order valence-electron chi connectivity index (χ1n) is 11.9. The average molecular weight is 507 g/mol. The maximum absolute atomic E-state index is 12.8. The molecule has 188 valence electrons. The van der Waals surface area contributed by atoms with Gasteiger partial charge in [-0.3, -0.25) is 14.5 Å². The Hall–Kier alpha value is -3.46. The molecule has 8 heteroatoms. The standard InChI is InChI=1S/C28H30N2O5S/c1-33-26-19-25(35-14-3-11-30-12-15-34-16-13-30)22(18-23(26)27-4-2-17-36-27)9-10-24(31)20-5-7-21(8-6-20)28(29)32/h2,4-10,17-19H,3,11-16H2,1H3,(H2,29,32)/b10-9+. The van der Waals surface area contributed by atoms with E-state index >= 15 is 0 Å². The number of ketones is 1. The van der Waals surface area contributed by atoms with Crippen molar-refractivity contribution in [3.8, 4) is 21.9 Å². The molecule has 0 bridgehead atoms. The number of carbonyl (C=O) groups excluding carboxylic acids is 2. The Morgan fingerprint density at radius 2 is 1.83 bits per heavy atom. The molecule has 0 atom stereocenters. The summed E-state index contributed by atoms with van der Waals surface area (Å²) in [6.07, 6.45) is 4.15. The highest BCUT2D eigenvalue weighted by Gasteiger charge is 2.15. The fraction of sp³-hybridized carbons (Fsp3) is 0.286. The maximum Gasteiger partial charge on any atom is 0.248 e. The molecule has 1 saturated heterocycles. The molecule has 1 amide bonds. The smallest absolute Gasteiger partial charge is 0.248 e. The molecule has 0 radical (unpaired) electrons. The topological polar surface area (TPSA) is 91.1 Å². The number of nitrogens with two attached hydrogens (primary N) is 1. The predicted molar refractivity (Wildman–Crippen MR) is 142 cm³/mol. The molecule has 1 aliphatic rings. The SMILES string of the molecule is COc1cc(OCCCN2CCOCC2)c(/C=C/C(=O)c2ccc(C(N)=O)cc2)cc1-c1cccs1. The van der Waals surface area contributed by atoms with Crippen molar-refractivity contribution in [2.45, 2.75) is 6.42 Å². The monoisotopic (exact) mass is 506 g/mol. The highest BCUT2D eigenvalue weighted by atomic mass is 32.1. The van der Waals surface area contributed by atoms with Gasteiger partial charge in [-0.15, -0.1) is 11.3 Å². The fourth-order valence-corrected chi connectivity index (χ4v) is 4.73. The van der Waals surface area contributed by atoms with Gasteiger partial charge in [0.1, 0.15) is 11.5 Å². The zero-order valence-electron chi connectivity index (χ0n) is 20.3. The Morgan fingerprint density at radius 1 is 1.08 bits per heavy atom. The van der Waals surface area contributed by atoms with Crippen LogP contribution in [0.2, 0.25) is 0 Å². The van der Waals surface area contributed by atoms with E-state index in [0.29, 0.717) is 29.2 Å². The van der Waals surface area contributed by atoms with Crippen LogP contribution in [0, 0.1) is 0 Å². The molecule has 0 saturated carbocycles. The van der Waals surface area contributed by atoms with Gasteiger partial charge in [-0.25, -0.2) is 0 Å². The van der Waals surface area contributed by atoms with E-state index in [1.54, 1.807) is 48.8 Å². The molecule has 4 rings (SSSR count). The second-order valence-electron chi connectivity index (χ2n) is 8.36. The number of rotatable bonds is 11. The molecule has 1 fully saturated rings. The van der Waals surface area contributed by atoms with Crippen LogP contribution in [-0.4, -0.2) is 63.2 Å². The fourth-order valence-electron chi connectivity index (χ4n) is 3.98. The summed E-state index contributed by atoms with van der Waals surface area (Å²) in [6.45, 7) is 4.92. The summed E-state index contributed by atoms with van der Waals surface area (Å²) in [5, 5.41) is 2.01. The van der Waals surface area contributed by atoms with Crippen LogP contribution in [0.25, 0.3) is 16.5 Å². The molecule has 2 heterocycles. The van der Waals surface area contributed by atoms with Gasteiger partial charge in [0, 0.05) is 52.8 Å². The van der Waals surface area contributed by atoms with Crippen LogP contribution in [0.3, 0.4) is 0 Å². The summed E-state index contributed by atoms with van der Waals surface area (Å²) in [7, 11) is 1.64. The van der Waals surface area contributed by atoms with E-state index in [1.807, 2.05) is 29.6 Å². The Labute approximate surface area is 215 Å². The first-order valence-corrected chi connectivity index (χ1v) is 12.7. The van der Waals surface area contributed by atoms with Gasteiger partial charge >= 0.3 is 0 Å². The highest BCUT2D eigenvalue weighted by molar-refractivity contribution is 7.13. The normalized spacial score (nSPS) is 14.1. The van der Waals surface area contributed by atoms with Crippen molar-refractivity contribution in [3.63, 3.8) is 0 Å². The summed E-state index contributed by atoms with van der Waals surface area (Å²) in [4.78, 5) is 27.5. The number of nitrogens with zero attached hydrogens (tertiary/aromatic N) is 1. The first kappa shape index (κ1) is 25.6. The number of hydrogen-bond donors (Lipinski definition) is 1. The van der Waals surface area contributed by atoms with Crippen molar-refractivity contribution in [1.82, 2.24) is 4.90 Å². The minimum Gasteiger partial charge on any atom is -0.496 e. The second kappa shape index (κ2) is 12.5. The lowest BCUT2D eigenvalue weighted by atomic mass is 10.0. The van der Waals surface area contributed by atoms with Crippen molar-refractivity contribution in [3.05, 3.63) is 76.7 Å². The van der Waals surface area contributed by atoms with E-state index in [0.717, 1.165) is 55.3 Å². The zero-order valence-corrected chi connectivity index (χ0v) is 21.1. The molecular weight excluding hydrogens is 476 g/mol. The maximum atomic E-state index is 12.8. The van der Waals surface area contributed by atoms with Crippen molar-refractivity contribution in [2.24, 2.45) is 5.73 Å². The minimum atomic E-state index is -0.528. The van der Waals surface area contributed by atoms with Gasteiger partial charge in [-0.2, -0.15) is 0 Å². The van der Waals surface area contributed by atoms with Crippen LogP contribution >= 0.6 is 11.3 Å². The quantitative estimate of drug-likeness (QED) is 0.234. The number of ether oxygens (including phenoxy) is 3. The number of methoxy groups -OCH3 is 1. The molecule has 0 unspecified atom stereocenters. The van der Waals surface area contributed by atoms with Crippen LogP contribution in [0.1, 0.15) is 32.7 Å². The van der Waals surface area contributed by atoms with E-state index in [1.165, 1.54) is 6.08 Å². The van der Waals surface area contributed by atoms with Gasteiger partial charge in [-0.1, -0.05) is 18.2 Å². The van der Waals surface area contributed by atoms with Crippen LogP contribution < -0.4 is 15.2 Å². The molecule has 0 spiro atoms.